The Hall–Kier alpha value is -2.69. The molecule has 0 radical (unpaired) electrons. The van der Waals surface area contributed by atoms with Crippen LogP contribution in [0.4, 0.5) is 4.39 Å². The number of halogens is 1. The number of fused-ring (bicyclic) bond motifs is 1. The van der Waals surface area contributed by atoms with E-state index >= 15 is 0 Å². The molecule has 118 valence electrons. The second-order valence-electron chi connectivity index (χ2n) is 5.88. The Morgan fingerprint density at radius 3 is 2.65 bits per heavy atom. The van der Waals surface area contributed by atoms with Gasteiger partial charge in [-0.05, 0) is 60.9 Å². The number of amides is 1. The normalized spacial score (nSPS) is 12.5. The average molecular weight is 311 g/mol. The predicted octanol–water partition coefficient (Wildman–Crippen LogP) is 3.14. The van der Waals surface area contributed by atoms with E-state index in [1.807, 2.05) is 26.0 Å². The molecule has 3 rings (SSSR count). The van der Waals surface area contributed by atoms with E-state index in [0.717, 1.165) is 27.7 Å². The summed E-state index contributed by atoms with van der Waals surface area (Å²) in [5.41, 5.74) is 9.27. The van der Waals surface area contributed by atoms with E-state index in [1.54, 1.807) is 23.0 Å². The van der Waals surface area contributed by atoms with Gasteiger partial charge >= 0.3 is 0 Å². The minimum absolute atomic E-state index is 0.210. The van der Waals surface area contributed by atoms with E-state index < -0.39 is 0 Å². The van der Waals surface area contributed by atoms with Gasteiger partial charge in [-0.2, -0.15) is 5.10 Å². The largest absolute Gasteiger partial charge is 0.369 e. The van der Waals surface area contributed by atoms with E-state index in [1.165, 1.54) is 12.1 Å². The van der Waals surface area contributed by atoms with Gasteiger partial charge in [-0.1, -0.05) is 6.92 Å². The number of aryl methyl sites for hydroxylation is 1. The van der Waals surface area contributed by atoms with Crippen LogP contribution in [0.25, 0.3) is 16.6 Å². The summed E-state index contributed by atoms with van der Waals surface area (Å²) in [6.07, 6.45) is 2.38. The topological polar surface area (TPSA) is 60.9 Å². The molecule has 0 aliphatic carbocycles. The number of hydrogen-bond donors (Lipinski definition) is 1. The number of primary amides is 1. The van der Waals surface area contributed by atoms with Gasteiger partial charge in [0.1, 0.15) is 5.82 Å². The highest BCUT2D eigenvalue weighted by Crippen LogP contribution is 2.24. The van der Waals surface area contributed by atoms with Gasteiger partial charge in [0.25, 0.3) is 0 Å². The SMILES string of the molecule is Cc1cc2c(cnn2-c2ccc(F)cc2)cc1CC(C)C(N)=O. The lowest BCUT2D eigenvalue weighted by Gasteiger charge is -2.11. The maximum atomic E-state index is 13.1. The Morgan fingerprint density at radius 1 is 1.30 bits per heavy atom. The maximum Gasteiger partial charge on any atom is 0.220 e. The van der Waals surface area contributed by atoms with Gasteiger partial charge in [0.05, 0.1) is 17.4 Å². The molecule has 1 atom stereocenters. The van der Waals surface area contributed by atoms with Crippen molar-refractivity contribution < 1.29 is 9.18 Å². The molecule has 0 saturated heterocycles. The van der Waals surface area contributed by atoms with Crippen molar-refractivity contribution in [2.75, 3.05) is 0 Å². The highest BCUT2D eigenvalue weighted by Gasteiger charge is 2.14. The van der Waals surface area contributed by atoms with Crippen LogP contribution in [-0.2, 0) is 11.2 Å². The summed E-state index contributed by atoms with van der Waals surface area (Å²) in [6, 6.07) is 10.3. The van der Waals surface area contributed by atoms with Gasteiger partial charge in [-0.3, -0.25) is 4.79 Å². The first-order chi connectivity index (χ1) is 11.0. The van der Waals surface area contributed by atoms with Crippen LogP contribution in [0.15, 0.2) is 42.6 Å². The van der Waals surface area contributed by atoms with Crippen LogP contribution in [-0.4, -0.2) is 15.7 Å². The molecule has 2 N–H and O–H groups in total. The van der Waals surface area contributed by atoms with Crippen LogP contribution < -0.4 is 5.73 Å². The van der Waals surface area contributed by atoms with Crippen LogP contribution >= 0.6 is 0 Å². The third-order valence-corrected chi connectivity index (χ3v) is 4.11. The van der Waals surface area contributed by atoms with Gasteiger partial charge in [-0.15, -0.1) is 0 Å². The molecule has 5 heteroatoms. The van der Waals surface area contributed by atoms with Crippen molar-refractivity contribution in [3.05, 3.63) is 59.5 Å². The molecule has 3 aromatic rings. The van der Waals surface area contributed by atoms with Crippen LogP contribution in [0.3, 0.4) is 0 Å². The van der Waals surface area contributed by atoms with Crippen molar-refractivity contribution >= 4 is 16.8 Å². The van der Waals surface area contributed by atoms with E-state index in [4.69, 9.17) is 5.73 Å². The summed E-state index contributed by atoms with van der Waals surface area (Å²) in [5.74, 6) is -0.783. The number of aromatic nitrogens is 2. The summed E-state index contributed by atoms with van der Waals surface area (Å²) in [5, 5.41) is 5.37. The summed E-state index contributed by atoms with van der Waals surface area (Å²) < 4.78 is 14.9. The smallest absolute Gasteiger partial charge is 0.220 e. The first-order valence-corrected chi connectivity index (χ1v) is 7.48. The average Bonchev–Trinajstić information content (AvgIpc) is 2.91. The van der Waals surface area contributed by atoms with Crippen LogP contribution in [0, 0.1) is 18.7 Å². The molecule has 0 bridgehead atoms. The predicted molar refractivity (Wildman–Crippen MR) is 87.8 cm³/mol. The quantitative estimate of drug-likeness (QED) is 0.804. The zero-order chi connectivity index (χ0) is 16.6. The third-order valence-electron chi connectivity index (χ3n) is 4.11. The van der Waals surface area contributed by atoms with E-state index in [9.17, 15) is 9.18 Å². The second-order valence-corrected chi connectivity index (χ2v) is 5.88. The zero-order valence-electron chi connectivity index (χ0n) is 13.1. The zero-order valence-corrected chi connectivity index (χ0v) is 13.1. The lowest BCUT2D eigenvalue weighted by Crippen LogP contribution is -2.22. The second kappa shape index (κ2) is 5.83. The molecule has 4 nitrogen and oxygen atoms in total. The minimum Gasteiger partial charge on any atom is -0.369 e. The van der Waals surface area contributed by atoms with Crippen molar-refractivity contribution in [1.29, 1.82) is 0 Å². The van der Waals surface area contributed by atoms with Crippen LogP contribution in [0.5, 0.6) is 0 Å². The molecular weight excluding hydrogens is 293 g/mol. The number of carbonyl (C=O) groups excluding carboxylic acids is 1. The van der Waals surface area contributed by atoms with Gasteiger partial charge in [-0.25, -0.2) is 9.07 Å². The highest BCUT2D eigenvalue weighted by atomic mass is 19.1. The summed E-state index contributed by atoms with van der Waals surface area (Å²) >= 11 is 0. The number of hydrogen-bond acceptors (Lipinski definition) is 2. The fraction of sp³-hybridized carbons (Fsp3) is 0.222. The van der Waals surface area contributed by atoms with Crippen molar-refractivity contribution in [3.63, 3.8) is 0 Å². The Bertz CT molecular complexity index is 868. The fourth-order valence-electron chi connectivity index (χ4n) is 2.66. The first-order valence-electron chi connectivity index (χ1n) is 7.48. The van der Waals surface area contributed by atoms with E-state index in [0.29, 0.717) is 6.42 Å². The molecule has 0 spiro atoms. The Balaban J connectivity index is 2.03. The monoisotopic (exact) mass is 311 g/mol. The molecule has 1 unspecified atom stereocenters. The number of carbonyl (C=O) groups is 1. The van der Waals surface area contributed by atoms with Gasteiger partial charge in [0.2, 0.25) is 5.91 Å². The number of nitrogens with two attached hydrogens (primary N) is 1. The molecule has 23 heavy (non-hydrogen) atoms. The molecule has 1 amide bonds. The number of benzene rings is 2. The molecule has 1 aromatic heterocycles. The van der Waals surface area contributed by atoms with Gasteiger partial charge in [0.15, 0.2) is 0 Å². The fourth-order valence-corrected chi connectivity index (χ4v) is 2.66. The third kappa shape index (κ3) is 2.95. The molecule has 0 aliphatic heterocycles. The standard InChI is InChI=1S/C18H18FN3O/c1-11-8-17-14(9-13(11)7-12(2)18(20)23)10-21-22(17)16-5-3-15(19)4-6-16/h3-6,8-10,12H,7H2,1-2H3,(H2,20,23). The summed E-state index contributed by atoms with van der Waals surface area (Å²) in [6.45, 7) is 3.83. The Kier molecular flexibility index (Phi) is 3.86. The van der Waals surface area contributed by atoms with Crippen molar-refractivity contribution in [1.82, 2.24) is 9.78 Å². The summed E-state index contributed by atoms with van der Waals surface area (Å²) in [7, 11) is 0. The molecule has 0 fully saturated rings. The lowest BCUT2D eigenvalue weighted by molar-refractivity contribution is -0.121. The van der Waals surface area contributed by atoms with E-state index in [2.05, 4.69) is 5.10 Å². The van der Waals surface area contributed by atoms with Crippen molar-refractivity contribution in [3.8, 4) is 5.69 Å². The highest BCUT2D eigenvalue weighted by molar-refractivity contribution is 5.82. The molecule has 1 heterocycles. The minimum atomic E-state index is -0.300. The van der Waals surface area contributed by atoms with Crippen LogP contribution in [0.1, 0.15) is 18.1 Å². The number of rotatable bonds is 4. The Labute approximate surface area is 133 Å². The van der Waals surface area contributed by atoms with Crippen LogP contribution in [0.2, 0.25) is 0 Å². The lowest BCUT2D eigenvalue weighted by atomic mass is 9.96. The Morgan fingerprint density at radius 2 is 2.00 bits per heavy atom. The summed E-state index contributed by atoms with van der Waals surface area (Å²) in [4.78, 5) is 11.3. The first kappa shape index (κ1) is 15.2. The van der Waals surface area contributed by atoms with Gasteiger partial charge in [0, 0.05) is 11.3 Å². The maximum absolute atomic E-state index is 13.1. The molecule has 2 aromatic carbocycles. The van der Waals surface area contributed by atoms with Gasteiger partial charge < -0.3 is 5.73 Å². The molecule has 0 aliphatic rings. The van der Waals surface area contributed by atoms with Crippen molar-refractivity contribution in [2.45, 2.75) is 20.3 Å². The molecular formula is C18H18FN3O. The van der Waals surface area contributed by atoms with Crippen molar-refractivity contribution in [2.24, 2.45) is 11.7 Å². The number of nitrogens with zero attached hydrogens (tertiary/aromatic N) is 2. The van der Waals surface area contributed by atoms with E-state index in [-0.39, 0.29) is 17.6 Å². The molecule has 0 saturated carbocycles.